The zero-order valence-electron chi connectivity index (χ0n) is 11.8. The summed E-state index contributed by atoms with van der Waals surface area (Å²) in [5.74, 6) is 0.490. The molecule has 110 valence electrons. The van der Waals surface area contributed by atoms with E-state index in [-0.39, 0.29) is 17.2 Å². The monoisotopic (exact) mass is 306 g/mol. The number of rotatable bonds is 5. The Hall–Kier alpha value is -2.07. The predicted molar refractivity (Wildman–Crippen MR) is 79.7 cm³/mol. The SMILES string of the molecule is CC(C)COC(=O)c1cc(-c2ccc(C=O)o2)ccc1Cl. The molecule has 5 heteroatoms. The van der Waals surface area contributed by atoms with Crippen LogP contribution in [0.2, 0.25) is 5.02 Å². The molecule has 0 amide bonds. The normalized spacial score (nSPS) is 10.7. The molecule has 0 radical (unpaired) electrons. The Morgan fingerprint density at radius 1 is 1.33 bits per heavy atom. The fourth-order valence-electron chi connectivity index (χ4n) is 1.73. The van der Waals surface area contributed by atoms with E-state index in [1.165, 1.54) is 0 Å². The molecule has 0 aliphatic heterocycles. The minimum Gasteiger partial charge on any atom is -0.462 e. The Balaban J connectivity index is 2.28. The molecule has 1 aromatic heterocycles. The molecular weight excluding hydrogens is 292 g/mol. The summed E-state index contributed by atoms with van der Waals surface area (Å²) in [6.45, 7) is 4.24. The van der Waals surface area contributed by atoms with Gasteiger partial charge in [-0.3, -0.25) is 4.79 Å². The summed E-state index contributed by atoms with van der Waals surface area (Å²) >= 11 is 6.04. The Morgan fingerprint density at radius 2 is 2.10 bits per heavy atom. The molecule has 0 saturated carbocycles. The molecule has 0 fully saturated rings. The summed E-state index contributed by atoms with van der Waals surface area (Å²) in [6, 6.07) is 8.14. The third-order valence-corrected chi connectivity index (χ3v) is 3.09. The number of halogens is 1. The summed E-state index contributed by atoms with van der Waals surface area (Å²) < 4.78 is 10.5. The number of hydrogen-bond acceptors (Lipinski definition) is 4. The maximum atomic E-state index is 12.0. The van der Waals surface area contributed by atoms with Gasteiger partial charge in [0.2, 0.25) is 0 Å². The van der Waals surface area contributed by atoms with Gasteiger partial charge in [-0.25, -0.2) is 4.79 Å². The first-order valence-corrected chi connectivity index (χ1v) is 6.91. The first-order chi connectivity index (χ1) is 10.0. The van der Waals surface area contributed by atoms with E-state index in [9.17, 15) is 9.59 Å². The van der Waals surface area contributed by atoms with Gasteiger partial charge in [0.05, 0.1) is 17.2 Å². The lowest BCUT2D eigenvalue weighted by Crippen LogP contribution is -2.10. The first-order valence-electron chi connectivity index (χ1n) is 6.53. The van der Waals surface area contributed by atoms with Crippen molar-refractivity contribution in [2.24, 2.45) is 5.92 Å². The Morgan fingerprint density at radius 3 is 2.71 bits per heavy atom. The van der Waals surface area contributed by atoms with E-state index in [4.69, 9.17) is 20.8 Å². The van der Waals surface area contributed by atoms with Gasteiger partial charge in [-0.05, 0) is 36.2 Å². The number of carbonyl (C=O) groups is 2. The van der Waals surface area contributed by atoms with E-state index in [0.29, 0.717) is 29.2 Å². The molecule has 4 nitrogen and oxygen atoms in total. The molecule has 0 aliphatic rings. The van der Waals surface area contributed by atoms with Crippen molar-refractivity contribution >= 4 is 23.9 Å². The van der Waals surface area contributed by atoms with Gasteiger partial charge in [-0.15, -0.1) is 0 Å². The van der Waals surface area contributed by atoms with E-state index in [1.807, 2.05) is 13.8 Å². The van der Waals surface area contributed by atoms with Gasteiger partial charge in [0.1, 0.15) is 5.76 Å². The molecule has 0 saturated heterocycles. The van der Waals surface area contributed by atoms with Crippen LogP contribution in [0.4, 0.5) is 0 Å². The number of esters is 1. The second-order valence-electron chi connectivity index (χ2n) is 5.01. The van der Waals surface area contributed by atoms with Gasteiger partial charge in [0, 0.05) is 5.56 Å². The lowest BCUT2D eigenvalue weighted by molar-refractivity contribution is 0.0459. The van der Waals surface area contributed by atoms with Crippen LogP contribution in [-0.2, 0) is 4.74 Å². The Bertz CT molecular complexity index is 658. The van der Waals surface area contributed by atoms with E-state index >= 15 is 0 Å². The van der Waals surface area contributed by atoms with E-state index in [1.54, 1.807) is 30.3 Å². The third-order valence-electron chi connectivity index (χ3n) is 2.76. The van der Waals surface area contributed by atoms with Crippen LogP contribution in [0.15, 0.2) is 34.7 Å². The van der Waals surface area contributed by atoms with Crippen LogP contribution in [0.5, 0.6) is 0 Å². The standard InChI is InChI=1S/C16H15ClO4/c1-10(2)9-20-16(19)13-7-11(3-5-14(13)17)15-6-4-12(8-18)21-15/h3-8,10H,9H2,1-2H3. The van der Waals surface area contributed by atoms with Crippen molar-refractivity contribution < 1.29 is 18.7 Å². The maximum absolute atomic E-state index is 12.0. The van der Waals surface area contributed by atoms with Crippen molar-refractivity contribution in [2.45, 2.75) is 13.8 Å². The van der Waals surface area contributed by atoms with Crippen LogP contribution in [0.1, 0.15) is 34.8 Å². The largest absolute Gasteiger partial charge is 0.462 e. The molecule has 0 N–H and O–H groups in total. The molecule has 0 atom stereocenters. The van der Waals surface area contributed by atoms with E-state index in [0.717, 1.165) is 0 Å². The smallest absolute Gasteiger partial charge is 0.339 e. The lowest BCUT2D eigenvalue weighted by Gasteiger charge is -2.09. The minimum atomic E-state index is -0.474. The van der Waals surface area contributed by atoms with Crippen molar-refractivity contribution in [1.29, 1.82) is 0 Å². The van der Waals surface area contributed by atoms with Crippen LogP contribution in [0.3, 0.4) is 0 Å². The zero-order chi connectivity index (χ0) is 15.4. The highest BCUT2D eigenvalue weighted by Gasteiger charge is 2.15. The van der Waals surface area contributed by atoms with Crippen LogP contribution in [-0.4, -0.2) is 18.9 Å². The van der Waals surface area contributed by atoms with Crippen LogP contribution < -0.4 is 0 Å². The van der Waals surface area contributed by atoms with Crippen molar-refractivity contribution in [1.82, 2.24) is 0 Å². The maximum Gasteiger partial charge on any atom is 0.339 e. The van der Waals surface area contributed by atoms with Gasteiger partial charge < -0.3 is 9.15 Å². The molecule has 0 spiro atoms. The van der Waals surface area contributed by atoms with Crippen molar-refractivity contribution in [2.75, 3.05) is 6.61 Å². The average molecular weight is 307 g/mol. The molecule has 1 heterocycles. The Labute approximate surface area is 127 Å². The third kappa shape index (κ3) is 3.73. The van der Waals surface area contributed by atoms with Crippen molar-refractivity contribution in [3.05, 3.63) is 46.7 Å². The van der Waals surface area contributed by atoms with Crippen molar-refractivity contribution in [3.8, 4) is 11.3 Å². The van der Waals surface area contributed by atoms with Gasteiger partial charge in [-0.1, -0.05) is 25.4 Å². The molecule has 2 rings (SSSR count). The molecule has 1 aromatic carbocycles. The summed E-state index contributed by atoms with van der Waals surface area (Å²) in [5, 5.41) is 0.315. The number of carbonyl (C=O) groups excluding carboxylic acids is 2. The van der Waals surface area contributed by atoms with Crippen LogP contribution in [0, 0.1) is 5.92 Å². The zero-order valence-corrected chi connectivity index (χ0v) is 12.5. The molecule has 2 aromatic rings. The van der Waals surface area contributed by atoms with Gasteiger partial charge in [0.15, 0.2) is 12.0 Å². The molecule has 0 unspecified atom stereocenters. The number of aldehydes is 1. The first kappa shape index (κ1) is 15.3. The topological polar surface area (TPSA) is 56.5 Å². The second kappa shape index (κ2) is 6.59. The van der Waals surface area contributed by atoms with Crippen molar-refractivity contribution in [3.63, 3.8) is 0 Å². The minimum absolute atomic E-state index is 0.226. The van der Waals surface area contributed by atoms with Gasteiger partial charge >= 0.3 is 5.97 Å². The highest BCUT2D eigenvalue weighted by atomic mass is 35.5. The van der Waals surface area contributed by atoms with E-state index < -0.39 is 5.97 Å². The van der Waals surface area contributed by atoms with Crippen LogP contribution >= 0.6 is 11.6 Å². The van der Waals surface area contributed by atoms with Gasteiger partial charge in [0.25, 0.3) is 0 Å². The van der Waals surface area contributed by atoms with E-state index in [2.05, 4.69) is 0 Å². The highest BCUT2D eigenvalue weighted by molar-refractivity contribution is 6.33. The average Bonchev–Trinajstić information content (AvgIpc) is 2.94. The second-order valence-corrected chi connectivity index (χ2v) is 5.41. The highest BCUT2D eigenvalue weighted by Crippen LogP contribution is 2.27. The number of furan rings is 1. The Kier molecular flexibility index (Phi) is 4.81. The number of hydrogen-bond donors (Lipinski definition) is 0. The summed E-state index contributed by atoms with van der Waals surface area (Å²) in [5.41, 5.74) is 0.933. The fraction of sp³-hybridized carbons (Fsp3) is 0.250. The number of benzene rings is 1. The van der Waals surface area contributed by atoms with Gasteiger partial charge in [-0.2, -0.15) is 0 Å². The molecule has 0 bridgehead atoms. The summed E-state index contributed by atoms with van der Waals surface area (Å²) in [7, 11) is 0. The fourth-order valence-corrected chi connectivity index (χ4v) is 1.92. The molecule has 0 aliphatic carbocycles. The molecule has 21 heavy (non-hydrogen) atoms. The lowest BCUT2D eigenvalue weighted by atomic mass is 10.1. The van der Waals surface area contributed by atoms with Crippen LogP contribution in [0.25, 0.3) is 11.3 Å². The predicted octanol–water partition coefficient (Wildman–Crippen LogP) is 4.23. The molecular formula is C16H15ClO4. The summed E-state index contributed by atoms with van der Waals surface area (Å²) in [6.07, 6.45) is 0.622. The number of ether oxygens (including phenoxy) is 1. The summed E-state index contributed by atoms with van der Waals surface area (Å²) in [4.78, 5) is 22.7. The quantitative estimate of drug-likeness (QED) is 0.613.